The van der Waals surface area contributed by atoms with Crippen LogP contribution in [0.5, 0.6) is 0 Å². The SMILES string of the molecule is CCCNC(=O)CCCCCCCCCCC(=O)OC(=O)CN. The van der Waals surface area contributed by atoms with Crippen LogP contribution < -0.4 is 11.1 Å². The molecule has 6 heteroatoms. The van der Waals surface area contributed by atoms with Gasteiger partial charge in [-0.25, -0.2) is 0 Å². The van der Waals surface area contributed by atoms with Crippen LogP contribution in [0.3, 0.4) is 0 Å². The molecule has 0 aromatic heterocycles. The van der Waals surface area contributed by atoms with E-state index < -0.39 is 11.9 Å². The summed E-state index contributed by atoms with van der Waals surface area (Å²) in [7, 11) is 0. The minimum atomic E-state index is -0.668. The predicted molar refractivity (Wildman–Crippen MR) is 89.6 cm³/mol. The number of rotatable bonds is 14. The number of esters is 2. The summed E-state index contributed by atoms with van der Waals surface area (Å²) in [5, 5.41) is 2.88. The highest BCUT2D eigenvalue weighted by Gasteiger charge is 2.07. The second-order valence-corrected chi connectivity index (χ2v) is 5.73. The van der Waals surface area contributed by atoms with Crippen molar-refractivity contribution in [2.45, 2.75) is 77.6 Å². The van der Waals surface area contributed by atoms with E-state index in [0.717, 1.165) is 64.3 Å². The standard InChI is InChI=1S/C17H32N2O4/c1-2-13-19-15(20)11-9-7-5-3-4-6-8-10-12-16(21)23-17(22)14-18/h2-14,18H2,1H3,(H,19,20). The van der Waals surface area contributed by atoms with Crippen LogP contribution >= 0.6 is 0 Å². The Morgan fingerprint density at radius 1 is 0.826 bits per heavy atom. The highest BCUT2D eigenvalue weighted by Crippen LogP contribution is 2.11. The van der Waals surface area contributed by atoms with Gasteiger partial charge in [0.05, 0.1) is 6.54 Å². The van der Waals surface area contributed by atoms with Crippen LogP contribution in [0, 0.1) is 0 Å². The van der Waals surface area contributed by atoms with E-state index in [2.05, 4.69) is 10.1 Å². The van der Waals surface area contributed by atoms with Crippen LogP contribution in [0.25, 0.3) is 0 Å². The molecule has 23 heavy (non-hydrogen) atoms. The Morgan fingerprint density at radius 2 is 1.35 bits per heavy atom. The second kappa shape index (κ2) is 15.5. The van der Waals surface area contributed by atoms with E-state index in [-0.39, 0.29) is 18.9 Å². The lowest BCUT2D eigenvalue weighted by Crippen LogP contribution is -2.23. The van der Waals surface area contributed by atoms with Crippen LogP contribution in [0.1, 0.15) is 77.6 Å². The topological polar surface area (TPSA) is 98.5 Å². The third kappa shape index (κ3) is 15.2. The predicted octanol–water partition coefficient (Wildman–Crippen LogP) is 2.44. The average Bonchev–Trinajstić information content (AvgIpc) is 2.54. The summed E-state index contributed by atoms with van der Waals surface area (Å²) >= 11 is 0. The molecule has 0 heterocycles. The maximum atomic E-state index is 11.4. The largest absolute Gasteiger partial charge is 0.392 e. The number of hydrogen-bond donors (Lipinski definition) is 2. The van der Waals surface area contributed by atoms with Crippen molar-refractivity contribution in [2.24, 2.45) is 5.73 Å². The van der Waals surface area contributed by atoms with Crippen molar-refractivity contribution in [3.63, 3.8) is 0 Å². The van der Waals surface area contributed by atoms with Gasteiger partial charge in [-0.15, -0.1) is 0 Å². The van der Waals surface area contributed by atoms with Crippen molar-refractivity contribution in [1.29, 1.82) is 0 Å². The minimum Gasteiger partial charge on any atom is -0.392 e. The van der Waals surface area contributed by atoms with Crippen LogP contribution in [-0.4, -0.2) is 30.9 Å². The molecule has 0 aliphatic rings. The van der Waals surface area contributed by atoms with Gasteiger partial charge in [0.1, 0.15) is 0 Å². The van der Waals surface area contributed by atoms with Gasteiger partial charge in [-0.1, -0.05) is 45.4 Å². The molecule has 0 rings (SSSR count). The van der Waals surface area contributed by atoms with E-state index in [1.165, 1.54) is 0 Å². The average molecular weight is 328 g/mol. The van der Waals surface area contributed by atoms with Crippen molar-refractivity contribution < 1.29 is 19.1 Å². The molecule has 1 amide bonds. The van der Waals surface area contributed by atoms with Gasteiger partial charge in [-0.3, -0.25) is 14.4 Å². The fraction of sp³-hybridized carbons (Fsp3) is 0.824. The molecular formula is C17H32N2O4. The number of amides is 1. The molecule has 0 fully saturated rings. The Labute approximate surface area is 139 Å². The molecule has 134 valence electrons. The third-order valence-electron chi connectivity index (χ3n) is 3.50. The van der Waals surface area contributed by atoms with Gasteiger partial charge in [-0.05, 0) is 19.3 Å². The Balaban J connectivity index is 3.26. The molecule has 3 N–H and O–H groups in total. The first kappa shape index (κ1) is 21.6. The quantitative estimate of drug-likeness (QED) is 0.290. The van der Waals surface area contributed by atoms with Gasteiger partial charge in [0.2, 0.25) is 5.91 Å². The molecule has 0 aliphatic heterocycles. The lowest BCUT2D eigenvalue weighted by Gasteiger charge is -2.04. The number of ether oxygens (including phenoxy) is 1. The first-order valence-corrected chi connectivity index (χ1v) is 8.80. The van der Waals surface area contributed by atoms with Crippen LogP contribution in [0.2, 0.25) is 0 Å². The van der Waals surface area contributed by atoms with Gasteiger partial charge < -0.3 is 15.8 Å². The smallest absolute Gasteiger partial charge is 0.327 e. The lowest BCUT2D eigenvalue weighted by molar-refractivity contribution is -0.158. The van der Waals surface area contributed by atoms with Crippen LogP contribution in [0.4, 0.5) is 0 Å². The highest BCUT2D eigenvalue weighted by molar-refractivity contribution is 5.86. The molecular weight excluding hydrogens is 296 g/mol. The molecule has 6 nitrogen and oxygen atoms in total. The maximum Gasteiger partial charge on any atom is 0.327 e. The van der Waals surface area contributed by atoms with Gasteiger partial charge in [0.15, 0.2) is 0 Å². The van der Waals surface area contributed by atoms with E-state index in [4.69, 9.17) is 5.73 Å². The summed E-state index contributed by atoms with van der Waals surface area (Å²) in [5.41, 5.74) is 5.05. The number of carbonyl (C=O) groups excluding carboxylic acids is 3. The van der Waals surface area contributed by atoms with Gasteiger partial charge in [0, 0.05) is 19.4 Å². The van der Waals surface area contributed by atoms with Crippen molar-refractivity contribution in [3.05, 3.63) is 0 Å². The summed E-state index contributed by atoms with van der Waals surface area (Å²) < 4.78 is 4.48. The second-order valence-electron chi connectivity index (χ2n) is 5.73. The van der Waals surface area contributed by atoms with Crippen molar-refractivity contribution >= 4 is 17.8 Å². The lowest BCUT2D eigenvalue weighted by atomic mass is 10.1. The minimum absolute atomic E-state index is 0.159. The molecule has 0 aliphatic carbocycles. The van der Waals surface area contributed by atoms with E-state index in [9.17, 15) is 14.4 Å². The molecule has 0 aromatic rings. The number of carbonyl (C=O) groups is 3. The maximum absolute atomic E-state index is 11.4. The Morgan fingerprint density at radius 3 is 1.87 bits per heavy atom. The number of unbranched alkanes of at least 4 members (excludes halogenated alkanes) is 7. The summed E-state index contributed by atoms with van der Waals surface area (Å²) in [4.78, 5) is 33.4. The molecule has 0 saturated carbocycles. The summed E-state index contributed by atoms with van der Waals surface area (Å²) in [5.74, 6) is -0.993. The molecule has 0 spiro atoms. The Bertz CT molecular complexity index is 345. The van der Waals surface area contributed by atoms with Crippen molar-refractivity contribution in [1.82, 2.24) is 5.32 Å². The van der Waals surface area contributed by atoms with E-state index in [1.807, 2.05) is 6.92 Å². The van der Waals surface area contributed by atoms with E-state index in [1.54, 1.807) is 0 Å². The Hall–Kier alpha value is -1.43. The van der Waals surface area contributed by atoms with Crippen molar-refractivity contribution in [2.75, 3.05) is 13.1 Å². The zero-order chi connectivity index (χ0) is 17.3. The summed E-state index contributed by atoms with van der Waals surface area (Å²) in [6, 6.07) is 0. The van der Waals surface area contributed by atoms with Crippen LogP contribution in [-0.2, 0) is 19.1 Å². The fourth-order valence-corrected chi connectivity index (χ4v) is 2.19. The van der Waals surface area contributed by atoms with Gasteiger partial charge in [0.25, 0.3) is 0 Å². The van der Waals surface area contributed by atoms with Crippen molar-refractivity contribution in [3.8, 4) is 0 Å². The first-order chi connectivity index (χ1) is 11.1. The zero-order valence-electron chi connectivity index (χ0n) is 14.4. The molecule has 0 radical (unpaired) electrons. The molecule has 0 aromatic carbocycles. The monoisotopic (exact) mass is 328 g/mol. The Kier molecular flexibility index (Phi) is 14.5. The number of nitrogens with two attached hydrogens (primary N) is 1. The normalized spacial score (nSPS) is 10.3. The van der Waals surface area contributed by atoms with Gasteiger partial charge in [-0.2, -0.15) is 0 Å². The first-order valence-electron chi connectivity index (χ1n) is 8.80. The highest BCUT2D eigenvalue weighted by atomic mass is 16.6. The summed E-state index contributed by atoms with van der Waals surface area (Å²) in [6.07, 6.45) is 10.2. The number of hydrogen-bond acceptors (Lipinski definition) is 5. The zero-order valence-corrected chi connectivity index (χ0v) is 14.4. The molecule has 0 saturated heterocycles. The molecule has 0 unspecified atom stereocenters. The molecule has 0 bridgehead atoms. The third-order valence-corrected chi connectivity index (χ3v) is 3.50. The fourth-order valence-electron chi connectivity index (χ4n) is 2.19. The summed E-state index contributed by atoms with van der Waals surface area (Å²) in [6.45, 7) is 2.56. The van der Waals surface area contributed by atoms with E-state index >= 15 is 0 Å². The van der Waals surface area contributed by atoms with Crippen LogP contribution in [0.15, 0.2) is 0 Å². The number of nitrogens with one attached hydrogen (secondary N) is 1. The van der Waals surface area contributed by atoms with Gasteiger partial charge >= 0.3 is 11.9 Å². The van der Waals surface area contributed by atoms with E-state index in [0.29, 0.717) is 6.42 Å². The molecule has 0 atom stereocenters.